The van der Waals surface area contributed by atoms with Crippen molar-refractivity contribution in [1.29, 1.82) is 0 Å². The summed E-state index contributed by atoms with van der Waals surface area (Å²) < 4.78 is 0. The lowest BCUT2D eigenvalue weighted by Crippen LogP contribution is -2.12. The Labute approximate surface area is 111 Å². The first-order chi connectivity index (χ1) is 8.01. The molecule has 0 aliphatic rings. The van der Waals surface area contributed by atoms with Crippen molar-refractivity contribution >= 4 is 17.3 Å². The van der Waals surface area contributed by atoms with Gasteiger partial charge in [-0.3, -0.25) is 0 Å². The molecule has 0 bridgehead atoms. The SMILES string of the molecule is CC(C)(C)CCNc1cccc(CCCCl)c1. The van der Waals surface area contributed by atoms with Crippen LogP contribution in [-0.4, -0.2) is 12.4 Å². The maximum absolute atomic E-state index is 5.71. The topological polar surface area (TPSA) is 12.0 Å². The predicted molar refractivity (Wildman–Crippen MR) is 78.0 cm³/mol. The lowest BCUT2D eigenvalue weighted by molar-refractivity contribution is 0.390. The van der Waals surface area contributed by atoms with E-state index in [1.54, 1.807) is 0 Å². The largest absolute Gasteiger partial charge is 0.385 e. The zero-order valence-corrected chi connectivity index (χ0v) is 12.0. The highest BCUT2D eigenvalue weighted by atomic mass is 35.5. The fraction of sp³-hybridized carbons (Fsp3) is 0.600. The van der Waals surface area contributed by atoms with E-state index >= 15 is 0 Å². The van der Waals surface area contributed by atoms with E-state index in [1.165, 1.54) is 17.7 Å². The molecule has 0 atom stereocenters. The van der Waals surface area contributed by atoms with Crippen LogP contribution in [0.15, 0.2) is 24.3 Å². The highest BCUT2D eigenvalue weighted by Crippen LogP contribution is 2.19. The van der Waals surface area contributed by atoms with Crippen LogP contribution in [-0.2, 0) is 6.42 Å². The average molecular weight is 254 g/mol. The molecule has 0 fully saturated rings. The van der Waals surface area contributed by atoms with Crippen LogP contribution in [0.25, 0.3) is 0 Å². The lowest BCUT2D eigenvalue weighted by atomic mass is 9.92. The molecular formula is C15H24ClN. The Kier molecular flexibility index (Phi) is 5.84. The Hall–Kier alpha value is -0.690. The van der Waals surface area contributed by atoms with Gasteiger partial charge in [-0.1, -0.05) is 32.9 Å². The van der Waals surface area contributed by atoms with Crippen LogP contribution in [0.4, 0.5) is 5.69 Å². The molecule has 0 amide bonds. The van der Waals surface area contributed by atoms with Gasteiger partial charge in [0.15, 0.2) is 0 Å². The third-order valence-electron chi connectivity index (χ3n) is 2.73. The minimum Gasteiger partial charge on any atom is -0.385 e. The standard InChI is InChI=1S/C15H24ClN/c1-15(2,3)9-11-17-14-8-4-6-13(12-14)7-5-10-16/h4,6,8,12,17H,5,7,9-11H2,1-3H3. The van der Waals surface area contributed by atoms with Crippen LogP contribution < -0.4 is 5.32 Å². The number of hydrogen-bond donors (Lipinski definition) is 1. The van der Waals surface area contributed by atoms with Crippen molar-refractivity contribution in [2.75, 3.05) is 17.7 Å². The smallest absolute Gasteiger partial charge is 0.0342 e. The molecule has 1 aromatic rings. The Morgan fingerprint density at radius 1 is 1.24 bits per heavy atom. The molecule has 0 aliphatic carbocycles. The van der Waals surface area contributed by atoms with Gasteiger partial charge >= 0.3 is 0 Å². The molecule has 1 nitrogen and oxygen atoms in total. The highest BCUT2D eigenvalue weighted by molar-refractivity contribution is 6.17. The van der Waals surface area contributed by atoms with Crippen LogP contribution >= 0.6 is 11.6 Å². The van der Waals surface area contributed by atoms with Crippen molar-refractivity contribution in [3.05, 3.63) is 29.8 Å². The fourth-order valence-corrected chi connectivity index (χ4v) is 1.82. The molecule has 0 saturated carbocycles. The molecule has 1 N–H and O–H groups in total. The number of benzene rings is 1. The van der Waals surface area contributed by atoms with E-state index in [1.807, 2.05) is 0 Å². The Balaban J connectivity index is 2.43. The van der Waals surface area contributed by atoms with Gasteiger partial charge in [-0.2, -0.15) is 0 Å². The van der Waals surface area contributed by atoms with Gasteiger partial charge in [0.05, 0.1) is 0 Å². The molecule has 17 heavy (non-hydrogen) atoms. The molecule has 2 heteroatoms. The average Bonchev–Trinajstić information content (AvgIpc) is 2.25. The molecule has 0 radical (unpaired) electrons. The second-order valence-electron chi connectivity index (χ2n) is 5.73. The second kappa shape index (κ2) is 6.90. The van der Waals surface area contributed by atoms with Crippen LogP contribution in [0.5, 0.6) is 0 Å². The zero-order chi connectivity index (χ0) is 12.7. The summed E-state index contributed by atoms with van der Waals surface area (Å²) in [4.78, 5) is 0. The summed E-state index contributed by atoms with van der Waals surface area (Å²) in [6.07, 6.45) is 3.30. The van der Waals surface area contributed by atoms with Gasteiger partial charge < -0.3 is 5.32 Å². The van der Waals surface area contributed by atoms with E-state index in [0.29, 0.717) is 5.41 Å². The monoisotopic (exact) mass is 253 g/mol. The van der Waals surface area contributed by atoms with Crippen molar-refractivity contribution in [1.82, 2.24) is 0 Å². The van der Waals surface area contributed by atoms with Crippen LogP contribution in [0, 0.1) is 5.41 Å². The summed E-state index contributed by atoms with van der Waals surface area (Å²) in [7, 11) is 0. The van der Waals surface area contributed by atoms with Crippen molar-refractivity contribution in [2.24, 2.45) is 5.41 Å². The minimum atomic E-state index is 0.392. The van der Waals surface area contributed by atoms with Gasteiger partial charge in [-0.15, -0.1) is 11.6 Å². The highest BCUT2D eigenvalue weighted by Gasteiger charge is 2.08. The van der Waals surface area contributed by atoms with Crippen molar-refractivity contribution in [3.63, 3.8) is 0 Å². The molecule has 0 aromatic heterocycles. The minimum absolute atomic E-state index is 0.392. The molecule has 0 heterocycles. The van der Waals surface area contributed by atoms with Crippen molar-refractivity contribution in [3.8, 4) is 0 Å². The maximum atomic E-state index is 5.71. The molecule has 1 aromatic carbocycles. The summed E-state index contributed by atoms with van der Waals surface area (Å²) in [5, 5.41) is 3.49. The summed E-state index contributed by atoms with van der Waals surface area (Å²) in [6.45, 7) is 7.84. The van der Waals surface area contributed by atoms with Gasteiger partial charge in [0.2, 0.25) is 0 Å². The zero-order valence-electron chi connectivity index (χ0n) is 11.2. The number of hydrogen-bond acceptors (Lipinski definition) is 1. The number of alkyl halides is 1. The quantitative estimate of drug-likeness (QED) is 0.725. The summed E-state index contributed by atoms with van der Waals surface area (Å²) in [5.41, 5.74) is 2.98. The molecule has 0 saturated heterocycles. The molecule has 0 spiro atoms. The fourth-order valence-electron chi connectivity index (χ4n) is 1.69. The van der Waals surface area contributed by atoms with Crippen LogP contribution in [0.1, 0.15) is 39.2 Å². The second-order valence-corrected chi connectivity index (χ2v) is 6.11. The third kappa shape index (κ3) is 6.58. The number of rotatable bonds is 6. The van der Waals surface area contributed by atoms with Crippen molar-refractivity contribution < 1.29 is 0 Å². The van der Waals surface area contributed by atoms with Gasteiger partial charge in [0, 0.05) is 18.1 Å². The van der Waals surface area contributed by atoms with Gasteiger partial charge in [0.25, 0.3) is 0 Å². The van der Waals surface area contributed by atoms with E-state index in [-0.39, 0.29) is 0 Å². The van der Waals surface area contributed by atoms with E-state index in [9.17, 15) is 0 Å². The van der Waals surface area contributed by atoms with E-state index in [4.69, 9.17) is 11.6 Å². The number of aryl methyl sites for hydroxylation is 1. The summed E-state index contributed by atoms with van der Waals surface area (Å²) >= 11 is 5.71. The molecule has 1 rings (SSSR count). The Morgan fingerprint density at radius 2 is 2.00 bits per heavy atom. The Bertz CT molecular complexity index is 328. The van der Waals surface area contributed by atoms with E-state index in [0.717, 1.165) is 25.3 Å². The molecule has 0 aliphatic heterocycles. The first-order valence-corrected chi connectivity index (χ1v) is 6.93. The Morgan fingerprint density at radius 3 is 2.65 bits per heavy atom. The van der Waals surface area contributed by atoms with Crippen LogP contribution in [0.2, 0.25) is 0 Å². The summed E-state index contributed by atoms with van der Waals surface area (Å²) in [6, 6.07) is 8.65. The first-order valence-electron chi connectivity index (χ1n) is 6.40. The third-order valence-corrected chi connectivity index (χ3v) is 3.00. The van der Waals surface area contributed by atoms with Crippen LogP contribution in [0.3, 0.4) is 0 Å². The normalized spacial score (nSPS) is 11.5. The van der Waals surface area contributed by atoms with Gasteiger partial charge in [-0.05, 0) is 42.4 Å². The maximum Gasteiger partial charge on any atom is 0.0342 e. The number of nitrogens with one attached hydrogen (secondary N) is 1. The lowest BCUT2D eigenvalue weighted by Gasteiger charge is -2.18. The van der Waals surface area contributed by atoms with Gasteiger partial charge in [-0.25, -0.2) is 0 Å². The van der Waals surface area contributed by atoms with E-state index in [2.05, 4.69) is 50.4 Å². The molecular weight excluding hydrogens is 230 g/mol. The first kappa shape index (κ1) is 14.4. The molecule has 0 unspecified atom stereocenters. The summed E-state index contributed by atoms with van der Waals surface area (Å²) in [5.74, 6) is 0.738. The number of anilines is 1. The number of halogens is 1. The van der Waals surface area contributed by atoms with E-state index < -0.39 is 0 Å². The van der Waals surface area contributed by atoms with Crippen molar-refractivity contribution in [2.45, 2.75) is 40.0 Å². The van der Waals surface area contributed by atoms with Gasteiger partial charge in [0.1, 0.15) is 0 Å². The predicted octanol–water partition coefficient (Wildman–Crippen LogP) is 4.71. The molecule has 96 valence electrons.